The maximum Gasteiger partial charge on any atom is 0.274 e. The van der Waals surface area contributed by atoms with E-state index in [1.165, 1.54) is 35.7 Å². The van der Waals surface area contributed by atoms with Crippen molar-refractivity contribution in [3.8, 4) is 5.75 Å². The minimum atomic E-state index is -3.97. The zero-order chi connectivity index (χ0) is 21.6. The first-order valence-electron chi connectivity index (χ1n) is 9.10. The molecule has 0 aliphatic rings. The number of carbonyl (C=O) groups is 1. The van der Waals surface area contributed by atoms with Gasteiger partial charge in [0.05, 0.1) is 31.3 Å². The van der Waals surface area contributed by atoms with Gasteiger partial charge in [0.2, 0.25) is 0 Å². The van der Waals surface area contributed by atoms with Gasteiger partial charge in [0.15, 0.2) is 0 Å². The number of ether oxygens (including phenoxy) is 1. The minimum Gasteiger partial charge on any atom is -0.497 e. The van der Waals surface area contributed by atoms with Crippen LogP contribution in [0, 0.1) is 0 Å². The van der Waals surface area contributed by atoms with Crippen LogP contribution in [0.15, 0.2) is 83.8 Å². The van der Waals surface area contributed by atoms with Crippen molar-refractivity contribution in [3.05, 3.63) is 90.0 Å². The van der Waals surface area contributed by atoms with Gasteiger partial charge in [0, 0.05) is 5.56 Å². The van der Waals surface area contributed by atoms with Gasteiger partial charge in [-0.25, -0.2) is 13.9 Å². The number of methoxy groups -OCH3 is 1. The Morgan fingerprint density at radius 2 is 1.63 bits per heavy atom. The molecule has 8 heteroatoms. The minimum absolute atomic E-state index is 0.00185. The molecule has 7 nitrogen and oxygen atoms in total. The van der Waals surface area contributed by atoms with Gasteiger partial charge in [-0.3, -0.25) is 13.9 Å². The van der Waals surface area contributed by atoms with Gasteiger partial charge in [-0.2, -0.15) is 0 Å². The van der Waals surface area contributed by atoms with Crippen LogP contribution in [0.2, 0.25) is 0 Å². The van der Waals surface area contributed by atoms with Gasteiger partial charge in [-0.15, -0.1) is 0 Å². The molecule has 0 saturated heterocycles. The first-order chi connectivity index (χ1) is 14.5. The number of nitrogens with one attached hydrogen (secondary N) is 1. The molecule has 156 valence electrons. The summed E-state index contributed by atoms with van der Waals surface area (Å²) in [6.45, 7) is 0.129. The number of benzene rings is 3. The first kappa shape index (κ1) is 21.4. The van der Waals surface area contributed by atoms with E-state index in [4.69, 9.17) is 4.74 Å². The summed E-state index contributed by atoms with van der Waals surface area (Å²) >= 11 is 0. The van der Waals surface area contributed by atoms with Crippen LogP contribution in [0.5, 0.6) is 5.75 Å². The second-order valence-corrected chi connectivity index (χ2v) is 8.22. The molecule has 0 saturated carbocycles. The third-order valence-corrected chi connectivity index (χ3v) is 6.18. The number of sulfonamides is 1. The predicted octanol–water partition coefficient (Wildman–Crippen LogP) is 3.38. The molecule has 0 radical (unpaired) electrons. The highest BCUT2D eigenvalue weighted by atomic mass is 32.2. The Morgan fingerprint density at radius 3 is 2.27 bits per heavy atom. The Kier molecular flexibility index (Phi) is 6.71. The lowest BCUT2D eigenvalue weighted by molar-refractivity contribution is 0.0537. The highest BCUT2D eigenvalue weighted by Crippen LogP contribution is 2.28. The van der Waals surface area contributed by atoms with Crippen LogP contribution < -0.4 is 14.5 Å². The number of rotatable bonds is 8. The zero-order valence-electron chi connectivity index (χ0n) is 16.6. The lowest BCUT2D eigenvalue weighted by atomic mass is 10.2. The van der Waals surface area contributed by atoms with Gasteiger partial charge in [0.1, 0.15) is 5.75 Å². The number of hydrogen-bond donors (Lipinski definition) is 1. The molecule has 3 aromatic rings. The molecule has 0 aromatic heterocycles. The summed E-state index contributed by atoms with van der Waals surface area (Å²) in [5.41, 5.74) is 3.67. The average molecular weight is 426 g/mol. The third-order valence-electron chi connectivity index (χ3n) is 4.41. The van der Waals surface area contributed by atoms with E-state index in [9.17, 15) is 13.2 Å². The maximum atomic E-state index is 13.6. The van der Waals surface area contributed by atoms with Crippen LogP contribution in [-0.4, -0.2) is 28.5 Å². The monoisotopic (exact) mass is 426 g/mol. The fourth-order valence-electron chi connectivity index (χ4n) is 2.89. The Labute approximate surface area is 175 Å². The summed E-state index contributed by atoms with van der Waals surface area (Å²) in [6.07, 6.45) is 0. The predicted molar refractivity (Wildman–Crippen MR) is 114 cm³/mol. The highest BCUT2D eigenvalue weighted by Gasteiger charge is 2.26. The molecular formula is C22H22N2O5S. The molecule has 1 N–H and O–H groups in total. The van der Waals surface area contributed by atoms with Crippen LogP contribution in [0.1, 0.15) is 15.9 Å². The largest absolute Gasteiger partial charge is 0.497 e. The normalized spacial score (nSPS) is 11.0. The van der Waals surface area contributed by atoms with E-state index in [-0.39, 0.29) is 17.0 Å². The fourth-order valence-corrected chi connectivity index (χ4v) is 4.39. The molecule has 30 heavy (non-hydrogen) atoms. The average Bonchev–Trinajstić information content (AvgIpc) is 2.78. The van der Waals surface area contributed by atoms with Crippen LogP contribution >= 0.6 is 0 Å². The molecule has 0 bridgehead atoms. The highest BCUT2D eigenvalue weighted by molar-refractivity contribution is 7.92. The van der Waals surface area contributed by atoms with E-state index in [0.29, 0.717) is 11.4 Å². The van der Waals surface area contributed by atoms with Crippen LogP contribution in [0.4, 0.5) is 5.69 Å². The summed E-state index contributed by atoms with van der Waals surface area (Å²) in [4.78, 5) is 16.7. The number of hydroxylamine groups is 1. The molecule has 0 heterocycles. The van der Waals surface area contributed by atoms with Crippen molar-refractivity contribution < 1.29 is 22.8 Å². The van der Waals surface area contributed by atoms with Gasteiger partial charge in [0.25, 0.3) is 15.9 Å². The molecule has 3 aromatic carbocycles. The van der Waals surface area contributed by atoms with Crippen molar-refractivity contribution in [2.24, 2.45) is 0 Å². The summed E-state index contributed by atoms with van der Waals surface area (Å²) in [7, 11) is -1.12. The van der Waals surface area contributed by atoms with E-state index >= 15 is 0 Å². The van der Waals surface area contributed by atoms with E-state index in [1.807, 2.05) is 30.3 Å². The van der Waals surface area contributed by atoms with Crippen LogP contribution in [0.3, 0.4) is 0 Å². The maximum absolute atomic E-state index is 13.6. The van der Waals surface area contributed by atoms with Gasteiger partial charge < -0.3 is 4.74 Å². The lowest BCUT2D eigenvalue weighted by Crippen LogP contribution is -2.31. The SMILES string of the molecule is CONC(=O)c1cccc(S(=O)(=O)N(Cc2ccccc2)c2ccc(OC)cc2)c1. The number of anilines is 1. The molecule has 0 aliphatic carbocycles. The quantitative estimate of drug-likeness (QED) is 0.558. The summed E-state index contributed by atoms with van der Waals surface area (Å²) in [5, 5.41) is 0. The number of hydrogen-bond acceptors (Lipinski definition) is 5. The summed E-state index contributed by atoms with van der Waals surface area (Å²) in [5.74, 6) is 0.0858. The van der Waals surface area contributed by atoms with E-state index in [2.05, 4.69) is 10.3 Å². The Balaban J connectivity index is 2.05. The fraction of sp³-hybridized carbons (Fsp3) is 0.136. The van der Waals surface area contributed by atoms with E-state index in [0.717, 1.165) is 5.56 Å². The molecular weight excluding hydrogens is 404 g/mol. The molecule has 1 amide bonds. The Morgan fingerprint density at radius 1 is 0.933 bits per heavy atom. The number of nitrogens with zero attached hydrogens (tertiary/aromatic N) is 1. The summed E-state index contributed by atoms with van der Waals surface area (Å²) < 4.78 is 33.6. The van der Waals surface area contributed by atoms with Crippen molar-refractivity contribution in [2.45, 2.75) is 11.4 Å². The van der Waals surface area contributed by atoms with Crippen molar-refractivity contribution in [2.75, 3.05) is 18.5 Å². The van der Waals surface area contributed by atoms with Crippen molar-refractivity contribution in [1.29, 1.82) is 0 Å². The van der Waals surface area contributed by atoms with Gasteiger partial charge in [-0.05, 0) is 48.0 Å². The Hall–Kier alpha value is -3.36. The molecule has 0 atom stereocenters. The summed E-state index contributed by atoms with van der Waals surface area (Å²) in [6, 6.07) is 21.9. The molecule has 0 fully saturated rings. The van der Waals surface area contributed by atoms with Crippen molar-refractivity contribution >= 4 is 21.6 Å². The molecule has 0 aliphatic heterocycles. The lowest BCUT2D eigenvalue weighted by Gasteiger charge is -2.25. The van der Waals surface area contributed by atoms with Crippen molar-refractivity contribution in [1.82, 2.24) is 5.48 Å². The molecule has 0 unspecified atom stereocenters. The van der Waals surface area contributed by atoms with E-state index in [1.54, 1.807) is 31.4 Å². The standard InChI is InChI=1S/C22H22N2O5S/c1-28-20-13-11-19(12-14-20)24(16-17-7-4-3-5-8-17)30(26,27)21-10-6-9-18(15-21)22(25)23-29-2/h3-15H,16H2,1-2H3,(H,23,25). The van der Waals surface area contributed by atoms with E-state index < -0.39 is 15.9 Å². The van der Waals surface area contributed by atoms with Crippen LogP contribution in [-0.2, 0) is 21.4 Å². The first-order valence-corrected chi connectivity index (χ1v) is 10.5. The van der Waals surface area contributed by atoms with Crippen molar-refractivity contribution in [3.63, 3.8) is 0 Å². The smallest absolute Gasteiger partial charge is 0.274 e. The Bertz CT molecular complexity index is 1100. The van der Waals surface area contributed by atoms with Crippen LogP contribution in [0.25, 0.3) is 0 Å². The zero-order valence-corrected chi connectivity index (χ0v) is 17.4. The third kappa shape index (κ3) is 4.79. The molecule has 0 spiro atoms. The second kappa shape index (κ2) is 9.43. The van der Waals surface area contributed by atoms with Gasteiger partial charge >= 0.3 is 0 Å². The topological polar surface area (TPSA) is 84.9 Å². The second-order valence-electron chi connectivity index (χ2n) is 6.36. The number of amides is 1. The van der Waals surface area contributed by atoms with Gasteiger partial charge in [-0.1, -0.05) is 36.4 Å². The number of carbonyl (C=O) groups excluding carboxylic acids is 1. The molecule has 3 rings (SSSR count).